The molecule has 7 heteroatoms. The smallest absolute Gasteiger partial charge is 0.310 e. The predicted molar refractivity (Wildman–Crippen MR) is 124 cm³/mol. The second kappa shape index (κ2) is 9.74. The maximum atomic E-state index is 13.4. The Morgan fingerprint density at radius 2 is 1.81 bits per heavy atom. The first-order chi connectivity index (χ1) is 15.5. The van der Waals surface area contributed by atoms with Crippen LogP contribution < -0.4 is 10.2 Å². The van der Waals surface area contributed by atoms with E-state index in [2.05, 4.69) is 5.32 Å². The lowest BCUT2D eigenvalue weighted by Crippen LogP contribution is -2.42. The molecule has 2 amide bonds. The number of benzene rings is 2. The molecule has 168 valence electrons. The molecule has 0 spiro atoms. The number of ether oxygens (including phenoxy) is 1. The van der Waals surface area contributed by atoms with Crippen LogP contribution in [0.1, 0.15) is 36.8 Å². The monoisotopic (exact) mass is 454 g/mol. The van der Waals surface area contributed by atoms with Crippen molar-refractivity contribution in [3.63, 3.8) is 0 Å². The maximum Gasteiger partial charge on any atom is 0.310 e. The van der Waals surface area contributed by atoms with Crippen molar-refractivity contribution in [3.8, 4) is 0 Å². The van der Waals surface area contributed by atoms with Gasteiger partial charge in [0.05, 0.1) is 11.8 Å². The number of esters is 1. The van der Waals surface area contributed by atoms with Gasteiger partial charge in [0.25, 0.3) is 5.91 Å². The molecule has 32 heavy (non-hydrogen) atoms. The number of hydrogen-bond donors (Lipinski definition) is 1. The molecule has 2 aromatic carbocycles. The lowest BCUT2D eigenvalue weighted by atomic mass is 9.78. The van der Waals surface area contributed by atoms with Crippen molar-refractivity contribution >= 4 is 40.8 Å². The highest BCUT2D eigenvalue weighted by Crippen LogP contribution is 2.36. The molecular weight excluding hydrogens is 428 g/mol. The molecular formula is C25H27ClN2O4. The van der Waals surface area contributed by atoms with E-state index in [-0.39, 0.29) is 5.91 Å². The summed E-state index contributed by atoms with van der Waals surface area (Å²) in [6.07, 6.45) is 3.86. The summed E-state index contributed by atoms with van der Waals surface area (Å²) in [5.74, 6) is -1.87. The second-order valence-electron chi connectivity index (χ2n) is 8.43. The van der Waals surface area contributed by atoms with Gasteiger partial charge in [-0.05, 0) is 55.5 Å². The zero-order valence-electron chi connectivity index (χ0n) is 18.1. The molecule has 0 radical (unpaired) electrons. The van der Waals surface area contributed by atoms with Crippen LogP contribution in [-0.4, -0.2) is 30.9 Å². The zero-order chi connectivity index (χ0) is 22.7. The molecule has 6 nitrogen and oxygen atoms in total. The van der Waals surface area contributed by atoms with Crippen LogP contribution in [-0.2, 0) is 25.5 Å². The molecule has 1 aliphatic heterocycles. The van der Waals surface area contributed by atoms with Crippen molar-refractivity contribution < 1.29 is 19.1 Å². The SMILES string of the molecule is Cc1c(Cl)cccc1NC(=O)COC(=O)C1CCCCC1C(=O)N1CCc2ccccc21. The first kappa shape index (κ1) is 22.3. The Morgan fingerprint density at radius 3 is 2.62 bits per heavy atom. The molecule has 2 atom stereocenters. The average molecular weight is 455 g/mol. The highest BCUT2D eigenvalue weighted by atomic mass is 35.5. The van der Waals surface area contributed by atoms with Gasteiger partial charge in [-0.25, -0.2) is 0 Å². The summed E-state index contributed by atoms with van der Waals surface area (Å²) in [6, 6.07) is 13.1. The van der Waals surface area contributed by atoms with E-state index < -0.39 is 30.3 Å². The number of hydrogen-bond acceptors (Lipinski definition) is 4. The molecule has 2 aliphatic rings. The summed E-state index contributed by atoms with van der Waals surface area (Å²) in [5.41, 5.74) is 3.42. The number of amides is 2. The number of carbonyl (C=O) groups excluding carboxylic acids is 3. The van der Waals surface area contributed by atoms with Gasteiger partial charge in [0.15, 0.2) is 6.61 Å². The molecule has 2 unspecified atom stereocenters. The van der Waals surface area contributed by atoms with E-state index >= 15 is 0 Å². The molecule has 2 aromatic rings. The van der Waals surface area contributed by atoms with Crippen molar-refractivity contribution in [1.82, 2.24) is 0 Å². The van der Waals surface area contributed by atoms with E-state index in [0.717, 1.165) is 36.1 Å². The van der Waals surface area contributed by atoms with Crippen molar-refractivity contribution in [1.29, 1.82) is 0 Å². The van der Waals surface area contributed by atoms with Crippen LogP contribution in [0.4, 0.5) is 11.4 Å². The van der Waals surface area contributed by atoms with Crippen LogP contribution in [0.25, 0.3) is 0 Å². The predicted octanol–water partition coefficient (Wildman–Crippen LogP) is 4.53. The lowest BCUT2D eigenvalue weighted by molar-refractivity contribution is -0.156. The number of para-hydroxylation sites is 1. The first-order valence-electron chi connectivity index (χ1n) is 11.1. The van der Waals surface area contributed by atoms with Gasteiger partial charge in [0.1, 0.15) is 0 Å². The molecule has 0 aromatic heterocycles. The van der Waals surface area contributed by atoms with E-state index in [1.807, 2.05) is 24.3 Å². The molecule has 1 heterocycles. The van der Waals surface area contributed by atoms with Gasteiger partial charge in [0, 0.05) is 22.9 Å². The largest absolute Gasteiger partial charge is 0.455 e. The van der Waals surface area contributed by atoms with Crippen molar-refractivity contribution in [2.75, 3.05) is 23.4 Å². The number of fused-ring (bicyclic) bond motifs is 1. The fourth-order valence-electron chi connectivity index (χ4n) is 4.65. The van der Waals surface area contributed by atoms with Gasteiger partial charge < -0.3 is 15.0 Å². The molecule has 1 N–H and O–H groups in total. The number of nitrogens with one attached hydrogen (secondary N) is 1. The van der Waals surface area contributed by atoms with Crippen molar-refractivity contribution in [2.24, 2.45) is 11.8 Å². The first-order valence-corrected chi connectivity index (χ1v) is 11.4. The van der Waals surface area contributed by atoms with Crippen LogP contribution in [0.5, 0.6) is 0 Å². The Morgan fingerprint density at radius 1 is 1.06 bits per heavy atom. The topological polar surface area (TPSA) is 75.7 Å². The van der Waals surface area contributed by atoms with Crippen LogP contribution >= 0.6 is 11.6 Å². The van der Waals surface area contributed by atoms with E-state index in [0.29, 0.717) is 30.1 Å². The Kier molecular flexibility index (Phi) is 6.80. The molecule has 0 bridgehead atoms. The lowest BCUT2D eigenvalue weighted by Gasteiger charge is -2.32. The van der Waals surface area contributed by atoms with E-state index in [1.165, 1.54) is 0 Å². The summed E-state index contributed by atoms with van der Waals surface area (Å²) < 4.78 is 5.34. The van der Waals surface area contributed by atoms with Crippen LogP contribution in [0.15, 0.2) is 42.5 Å². The minimum absolute atomic E-state index is 0.0180. The van der Waals surface area contributed by atoms with E-state index in [1.54, 1.807) is 30.0 Å². The summed E-state index contributed by atoms with van der Waals surface area (Å²) >= 11 is 6.08. The Balaban J connectivity index is 1.38. The standard InChI is InChI=1S/C25H27ClN2O4/c1-16-20(26)10-6-11-21(16)27-23(29)15-32-25(31)19-9-4-3-8-18(19)24(30)28-14-13-17-7-2-5-12-22(17)28/h2,5-7,10-12,18-19H,3-4,8-9,13-15H2,1H3,(H,27,29). The quantitative estimate of drug-likeness (QED) is 0.673. The number of halogens is 1. The van der Waals surface area contributed by atoms with Gasteiger partial charge in [0.2, 0.25) is 5.91 Å². The van der Waals surface area contributed by atoms with Crippen LogP contribution in [0.3, 0.4) is 0 Å². The minimum Gasteiger partial charge on any atom is -0.455 e. The number of rotatable bonds is 5. The van der Waals surface area contributed by atoms with Gasteiger partial charge in [-0.2, -0.15) is 0 Å². The number of anilines is 2. The van der Waals surface area contributed by atoms with Crippen LogP contribution in [0, 0.1) is 18.8 Å². The number of carbonyl (C=O) groups is 3. The third-order valence-corrected chi connectivity index (χ3v) is 6.84. The van der Waals surface area contributed by atoms with Crippen molar-refractivity contribution in [2.45, 2.75) is 39.0 Å². The molecule has 1 fully saturated rings. The van der Waals surface area contributed by atoms with Gasteiger partial charge in [-0.15, -0.1) is 0 Å². The van der Waals surface area contributed by atoms with Crippen molar-refractivity contribution in [3.05, 3.63) is 58.6 Å². The number of nitrogens with zero attached hydrogens (tertiary/aromatic N) is 1. The maximum absolute atomic E-state index is 13.4. The van der Waals surface area contributed by atoms with Gasteiger partial charge in [-0.3, -0.25) is 14.4 Å². The fourth-order valence-corrected chi connectivity index (χ4v) is 4.82. The summed E-state index contributed by atoms with van der Waals surface area (Å²) in [4.78, 5) is 40.3. The van der Waals surface area contributed by atoms with Gasteiger partial charge >= 0.3 is 5.97 Å². The molecule has 1 saturated carbocycles. The second-order valence-corrected chi connectivity index (χ2v) is 8.84. The Labute approximate surface area is 192 Å². The van der Waals surface area contributed by atoms with Crippen LogP contribution in [0.2, 0.25) is 5.02 Å². The highest BCUT2D eigenvalue weighted by Gasteiger charge is 2.40. The van der Waals surface area contributed by atoms with E-state index in [9.17, 15) is 14.4 Å². The normalized spacial score (nSPS) is 19.9. The molecule has 4 rings (SSSR count). The molecule has 1 aliphatic carbocycles. The molecule has 0 saturated heterocycles. The summed E-state index contributed by atoms with van der Waals surface area (Å²) in [7, 11) is 0. The highest BCUT2D eigenvalue weighted by molar-refractivity contribution is 6.31. The average Bonchev–Trinajstić information content (AvgIpc) is 3.24. The fraction of sp³-hybridized carbons (Fsp3) is 0.400. The van der Waals surface area contributed by atoms with Gasteiger partial charge in [-0.1, -0.05) is 48.7 Å². The zero-order valence-corrected chi connectivity index (χ0v) is 18.9. The third-order valence-electron chi connectivity index (χ3n) is 6.43. The third kappa shape index (κ3) is 4.65. The minimum atomic E-state index is -0.523. The Hall–Kier alpha value is -2.86. The summed E-state index contributed by atoms with van der Waals surface area (Å²) in [5, 5.41) is 3.27. The Bertz CT molecular complexity index is 1040. The van der Waals surface area contributed by atoms with E-state index in [4.69, 9.17) is 16.3 Å². The summed E-state index contributed by atoms with van der Waals surface area (Å²) in [6.45, 7) is 2.05.